The zero-order chi connectivity index (χ0) is 22.5. The topological polar surface area (TPSA) is 59.4 Å². The van der Waals surface area contributed by atoms with Crippen LogP contribution in [0.2, 0.25) is 0 Å². The minimum Gasteiger partial charge on any atom is -0.337 e. The molecule has 5 aromatic rings. The Labute approximate surface area is 189 Å². The van der Waals surface area contributed by atoms with Crippen molar-refractivity contribution in [3.63, 3.8) is 0 Å². The van der Waals surface area contributed by atoms with Crippen LogP contribution in [0.1, 0.15) is 5.56 Å². The minimum absolute atomic E-state index is 0.0411. The van der Waals surface area contributed by atoms with Gasteiger partial charge in [0.2, 0.25) is 0 Å². The van der Waals surface area contributed by atoms with Crippen LogP contribution >= 0.6 is 15.9 Å². The lowest BCUT2D eigenvalue weighted by Crippen LogP contribution is -2.05. The largest absolute Gasteiger partial charge is 0.418 e. The van der Waals surface area contributed by atoms with Gasteiger partial charge in [-0.1, -0.05) is 58.4 Å². The number of nitrogens with one attached hydrogen (secondary N) is 1. The summed E-state index contributed by atoms with van der Waals surface area (Å²) in [5.74, 6) is 1.08. The van der Waals surface area contributed by atoms with Crippen molar-refractivity contribution >= 4 is 27.0 Å². The molecule has 0 saturated carbocycles. The third-order valence-corrected chi connectivity index (χ3v) is 5.65. The van der Waals surface area contributed by atoms with Gasteiger partial charge in [-0.05, 0) is 29.3 Å². The number of benzene rings is 3. The number of rotatable bonds is 3. The second-order valence-corrected chi connectivity index (χ2v) is 8.24. The standard InChI is InChI=1S/C23H15BrF3N5/c1-32-12-28-31-22(32)17-8-3-2-7-16(17)13-5-4-6-14(9-13)21-29-19-11-15(24)10-18(20(19)30-21)23(25,26)27/h2-12H,1H3,(H,29,30). The molecule has 0 spiro atoms. The van der Waals surface area contributed by atoms with Crippen molar-refractivity contribution in [1.29, 1.82) is 0 Å². The molecule has 5 rings (SSSR count). The molecule has 5 nitrogen and oxygen atoms in total. The summed E-state index contributed by atoms with van der Waals surface area (Å²) in [7, 11) is 1.87. The maximum atomic E-state index is 13.5. The first-order chi connectivity index (χ1) is 15.3. The van der Waals surface area contributed by atoms with Crippen molar-refractivity contribution in [3.05, 3.63) is 77.0 Å². The molecule has 3 aromatic carbocycles. The average Bonchev–Trinajstić information content (AvgIpc) is 3.38. The van der Waals surface area contributed by atoms with Crippen molar-refractivity contribution in [2.75, 3.05) is 0 Å². The highest BCUT2D eigenvalue weighted by atomic mass is 79.9. The average molecular weight is 498 g/mol. The maximum Gasteiger partial charge on any atom is 0.418 e. The Hall–Kier alpha value is -3.46. The molecular formula is C23H15BrF3N5. The number of nitrogens with zero attached hydrogens (tertiary/aromatic N) is 4. The van der Waals surface area contributed by atoms with Crippen LogP contribution < -0.4 is 0 Å². The number of aryl methyl sites for hydroxylation is 1. The summed E-state index contributed by atoms with van der Waals surface area (Å²) in [6, 6.07) is 17.9. The zero-order valence-electron chi connectivity index (χ0n) is 16.7. The molecule has 2 aromatic heterocycles. The number of fused-ring (bicyclic) bond motifs is 1. The van der Waals surface area contributed by atoms with E-state index in [-0.39, 0.29) is 11.0 Å². The molecule has 1 N–H and O–H groups in total. The van der Waals surface area contributed by atoms with Gasteiger partial charge < -0.3 is 9.55 Å². The Morgan fingerprint density at radius 3 is 2.41 bits per heavy atom. The molecule has 2 heterocycles. The van der Waals surface area contributed by atoms with Crippen LogP contribution in [0.15, 0.2) is 71.5 Å². The second-order valence-electron chi connectivity index (χ2n) is 7.32. The Morgan fingerprint density at radius 1 is 0.938 bits per heavy atom. The summed E-state index contributed by atoms with van der Waals surface area (Å²) in [6.07, 6.45) is -2.87. The summed E-state index contributed by atoms with van der Waals surface area (Å²) in [4.78, 5) is 7.29. The third kappa shape index (κ3) is 3.58. The fraction of sp³-hybridized carbons (Fsp3) is 0.0870. The van der Waals surface area contributed by atoms with Gasteiger partial charge in [-0.15, -0.1) is 10.2 Å². The third-order valence-electron chi connectivity index (χ3n) is 5.19. The molecule has 0 bridgehead atoms. The Balaban J connectivity index is 1.64. The molecule has 160 valence electrons. The monoisotopic (exact) mass is 497 g/mol. The van der Waals surface area contributed by atoms with E-state index in [2.05, 4.69) is 36.1 Å². The highest BCUT2D eigenvalue weighted by molar-refractivity contribution is 9.10. The van der Waals surface area contributed by atoms with Gasteiger partial charge in [0.1, 0.15) is 12.2 Å². The van der Waals surface area contributed by atoms with E-state index in [9.17, 15) is 13.2 Å². The quantitative estimate of drug-likeness (QED) is 0.310. The number of hydrogen-bond donors (Lipinski definition) is 1. The lowest BCUT2D eigenvalue weighted by Gasteiger charge is -2.10. The van der Waals surface area contributed by atoms with Crippen molar-refractivity contribution < 1.29 is 13.2 Å². The van der Waals surface area contributed by atoms with Crippen LogP contribution in [-0.2, 0) is 13.2 Å². The molecule has 0 amide bonds. The van der Waals surface area contributed by atoms with Gasteiger partial charge in [0.05, 0.1) is 16.6 Å². The van der Waals surface area contributed by atoms with Crippen LogP contribution in [0.25, 0.3) is 44.9 Å². The van der Waals surface area contributed by atoms with Gasteiger partial charge in [-0.2, -0.15) is 13.2 Å². The number of aromatic amines is 1. The smallest absolute Gasteiger partial charge is 0.337 e. The summed E-state index contributed by atoms with van der Waals surface area (Å²) < 4.78 is 42.7. The predicted molar refractivity (Wildman–Crippen MR) is 120 cm³/mol. The fourth-order valence-corrected chi connectivity index (χ4v) is 4.18. The first-order valence-electron chi connectivity index (χ1n) is 9.62. The van der Waals surface area contributed by atoms with E-state index in [1.807, 2.05) is 60.1 Å². The van der Waals surface area contributed by atoms with Crippen molar-refractivity contribution in [2.24, 2.45) is 7.05 Å². The number of H-pyrrole nitrogens is 1. The molecule has 0 fully saturated rings. The summed E-state index contributed by atoms with van der Waals surface area (Å²) >= 11 is 3.15. The highest BCUT2D eigenvalue weighted by Gasteiger charge is 2.34. The highest BCUT2D eigenvalue weighted by Crippen LogP contribution is 2.38. The molecular weight excluding hydrogens is 483 g/mol. The minimum atomic E-state index is -4.50. The van der Waals surface area contributed by atoms with Gasteiger partial charge in [0.15, 0.2) is 5.82 Å². The van der Waals surface area contributed by atoms with E-state index < -0.39 is 11.7 Å². The van der Waals surface area contributed by atoms with Crippen LogP contribution in [0, 0.1) is 0 Å². The van der Waals surface area contributed by atoms with Crippen LogP contribution in [-0.4, -0.2) is 24.7 Å². The molecule has 9 heteroatoms. The van der Waals surface area contributed by atoms with Gasteiger partial charge >= 0.3 is 6.18 Å². The number of hydrogen-bond acceptors (Lipinski definition) is 3. The van der Waals surface area contributed by atoms with Crippen molar-refractivity contribution in [1.82, 2.24) is 24.7 Å². The van der Waals surface area contributed by atoms with Crippen molar-refractivity contribution in [2.45, 2.75) is 6.18 Å². The lowest BCUT2D eigenvalue weighted by molar-refractivity contribution is -0.136. The number of aromatic nitrogens is 5. The van der Waals surface area contributed by atoms with E-state index in [0.717, 1.165) is 28.6 Å². The SMILES string of the molecule is Cn1cnnc1-c1ccccc1-c1cccc(-c2nc3cc(Br)cc(C(F)(F)F)c3[nH]2)c1. The van der Waals surface area contributed by atoms with Gasteiger partial charge in [0, 0.05) is 22.6 Å². The van der Waals surface area contributed by atoms with Gasteiger partial charge in [-0.3, -0.25) is 0 Å². The van der Waals surface area contributed by atoms with E-state index in [4.69, 9.17) is 0 Å². The molecule has 0 aliphatic carbocycles. The summed E-state index contributed by atoms with van der Waals surface area (Å²) in [5.41, 5.74) is 2.84. The van der Waals surface area contributed by atoms with Crippen LogP contribution in [0.4, 0.5) is 13.2 Å². The van der Waals surface area contributed by atoms with Crippen LogP contribution in [0.5, 0.6) is 0 Å². The molecule has 0 radical (unpaired) electrons. The molecule has 0 atom stereocenters. The maximum absolute atomic E-state index is 13.5. The number of imidazole rings is 1. The zero-order valence-corrected chi connectivity index (χ0v) is 18.2. The Morgan fingerprint density at radius 2 is 1.69 bits per heavy atom. The van der Waals surface area contributed by atoms with Gasteiger partial charge in [0.25, 0.3) is 0 Å². The second kappa shape index (κ2) is 7.59. The lowest BCUT2D eigenvalue weighted by atomic mass is 9.97. The Bertz CT molecular complexity index is 1450. The number of halogens is 4. The molecule has 0 aliphatic rings. The summed E-state index contributed by atoms with van der Waals surface area (Å²) in [6.45, 7) is 0. The fourth-order valence-electron chi connectivity index (χ4n) is 3.73. The number of alkyl halides is 3. The normalized spacial score (nSPS) is 11.9. The molecule has 0 unspecified atom stereocenters. The van der Waals surface area contributed by atoms with Crippen LogP contribution in [0.3, 0.4) is 0 Å². The predicted octanol–water partition coefficient (Wildman–Crippen LogP) is 6.47. The first-order valence-corrected chi connectivity index (χ1v) is 10.4. The van der Waals surface area contributed by atoms with Crippen molar-refractivity contribution in [3.8, 4) is 33.9 Å². The molecule has 0 saturated heterocycles. The molecule has 0 aliphatic heterocycles. The van der Waals surface area contributed by atoms with E-state index >= 15 is 0 Å². The van der Waals surface area contributed by atoms with Gasteiger partial charge in [-0.25, -0.2) is 4.98 Å². The van der Waals surface area contributed by atoms with E-state index in [1.165, 1.54) is 0 Å². The molecule has 32 heavy (non-hydrogen) atoms. The summed E-state index contributed by atoms with van der Waals surface area (Å²) in [5, 5.41) is 8.17. The van der Waals surface area contributed by atoms with E-state index in [1.54, 1.807) is 12.4 Å². The first kappa shape index (κ1) is 20.4. The van der Waals surface area contributed by atoms with E-state index in [0.29, 0.717) is 15.9 Å². The Kier molecular flexibility index (Phi) is 4.85.